The van der Waals surface area contributed by atoms with Gasteiger partial charge in [0.15, 0.2) is 0 Å². The zero-order valence-corrected chi connectivity index (χ0v) is 18.6. The van der Waals surface area contributed by atoms with Crippen LogP contribution in [0.5, 0.6) is 0 Å². The van der Waals surface area contributed by atoms with Crippen molar-refractivity contribution in [3.63, 3.8) is 0 Å². The quantitative estimate of drug-likeness (QED) is 0.686. The number of rotatable bonds is 5. The summed E-state index contributed by atoms with van der Waals surface area (Å²) in [6.45, 7) is 6.00. The molecular formula is C20H31N5O4S. The van der Waals surface area contributed by atoms with E-state index in [4.69, 9.17) is 0 Å². The van der Waals surface area contributed by atoms with E-state index in [1.165, 1.54) is 4.90 Å². The molecule has 2 aliphatic heterocycles. The molecule has 3 fully saturated rings. The molecule has 5 atom stereocenters. The first-order valence-corrected chi connectivity index (χ1v) is 12.2. The maximum absolute atomic E-state index is 13.6. The first-order valence-electron chi connectivity index (χ1n) is 10.7. The van der Waals surface area contributed by atoms with Gasteiger partial charge in [0.2, 0.25) is 11.8 Å². The van der Waals surface area contributed by atoms with E-state index in [0.29, 0.717) is 23.8 Å². The van der Waals surface area contributed by atoms with E-state index in [1.54, 1.807) is 4.68 Å². The zero-order chi connectivity index (χ0) is 21.6. The number of carbonyl (C=O) groups is 2. The predicted octanol–water partition coefficient (Wildman–Crippen LogP) is 0.342. The Labute approximate surface area is 179 Å². The van der Waals surface area contributed by atoms with Gasteiger partial charge in [0.05, 0.1) is 11.8 Å². The minimum absolute atomic E-state index is 0.115. The minimum Gasteiger partial charge on any atom is -0.391 e. The number of aliphatic hydroxyl groups is 1. The summed E-state index contributed by atoms with van der Waals surface area (Å²) in [6.07, 6.45) is 4.17. The lowest BCUT2D eigenvalue weighted by Crippen LogP contribution is -2.52. The summed E-state index contributed by atoms with van der Waals surface area (Å²) in [5, 5.41) is 21.7. The summed E-state index contributed by atoms with van der Waals surface area (Å²) in [7, 11) is -0.899. The molecule has 1 aliphatic carbocycles. The molecule has 2 N–H and O–H groups in total. The van der Waals surface area contributed by atoms with Crippen molar-refractivity contribution < 1.29 is 18.9 Å². The van der Waals surface area contributed by atoms with E-state index < -0.39 is 34.4 Å². The van der Waals surface area contributed by atoms with Gasteiger partial charge < -0.3 is 15.3 Å². The summed E-state index contributed by atoms with van der Waals surface area (Å²) in [6, 6.07) is -1.50. The van der Waals surface area contributed by atoms with Gasteiger partial charge in [-0.15, -0.1) is 5.10 Å². The summed E-state index contributed by atoms with van der Waals surface area (Å²) in [5.41, 5.74) is 0.449. The highest BCUT2D eigenvalue weighted by Crippen LogP contribution is 2.40. The van der Waals surface area contributed by atoms with Crippen molar-refractivity contribution in [1.29, 1.82) is 0 Å². The SMILES string of the molecule is CC(C)(C)[C@H](C(=O)N1CC(O)CC1C(=O)NC1CCS(=O)C1)n1cc(C2CC2)nn1. The Morgan fingerprint density at radius 2 is 2.03 bits per heavy atom. The number of likely N-dealkylation sites (tertiary alicyclic amines) is 1. The number of hydrogen-bond donors (Lipinski definition) is 2. The average Bonchev–Trinajstić information content (AvgIpc) is 3.05. The van der Waals surface area contributed by atoms with Crippen LogP contribution in [0.1, 0.15) is 64.1 Å². The molecule has 0 aromatic carbocycles. The molecule has 1 aromatic rings. The van der Waals surface area contributed by atoms with Crippen molar-refractivity contribution in [3.05, 3.63) is 11.9 Å². The van der Waals surface area contributed by atoms with E-state index in [1.807, 2.05) is 27.0 Å². The molecule has 3 heterocycles. The Kier molecular flexibility index (Phi) is 5.73. The lowest BCUT2D eigenvalue weighted by Gasteiger charge is -2.34. The second kappa shape index (κ2) is 8.03. The van der Waals surface area contributed by atoms with E-state index in [-0.39, 0.29) is 30.8 Å². The highest BCUT2D eigenvalue weighted by atomic mass is 32.2. The van der Waals surface area contributed by atoms with Crippen LogP contribution in [0.4, 0.5) is 0 Å². The fraction of sp³-hybridized carbons (Fsp3) is 0.800. The Morgan fingerprint density at radius 3 is 2.63 bits per heavy atom. The van der Waals surface area contributed by atoms with Gasteiger partial charge in [-0.3, -0.25) is 13.8 Å². The Bertz CT molecular complexity index is 846. The van der Waals surface area contributed by atoms with Gasteiger partial charge in [-0.05, 0) is 24.7 Å². The van der Waals surface area contributed by atoms with Crippen LogP contribution in [0.2, 0.25) is 0 Å². The second-order valence-corrected chi connectivity index (χ2v) is 11.5. The van der Waals surface area contributed by atoms with Crippen molar-refractivity contribution in [2.45, 2.75) is 76.6 Å². The van der Waals surface area contributed by atoms with Gasteiger partial charge in [-0.2, -0.15) is 0 Å². The molecule has 0 radical (unpaired) electrons. The fourth-order valence-electron chi connectivity index (χ4n) is 4.40. The largest absolute Gasteiger partial charge is 0.391 e. The lowest BCUT2D eigenvalue weighted by atomic mass is 9.85. The van der Waals surface area contributed by atoms with Crippen LogP contribution in [0, 0.1) is 5.41 Å². The van der Waals surface area contributed by atoms with Crippen molar-refractivity contribution in [2.75, 3.05) is 18.1 Å². The van der Waals surface area contributed by atoms with Gasteiger partial charge in [0.1, 0.15) is 12.1 Å². The Morgan fingerprint density at radius 1 is 1.30 bits per heavy atom. The van der Waals surface area contributed by atoms with E-state index >= 15 is 0 Å². The van der Waals surface area contributed by atoms with Crippen LogP contribution in [0.3, 0.4) is 0 Å². The van der Waals surface area contributed by atoms with Crippen LogP contribution < -0.4 is 5.32 Å². The third-order valence-electron chi connectivity index (χ3n) is 6.13. The molecule has 10 heteroatoms. The van der Waals surface area contributed by atoms with E-state index in [2.05, 4.69) is 15.6 Å². The molecule has 2 amide bonds. The minimum atomic E-state index is -0.899. The first-order chi connectivity index (χ1) is 14.1. The molecule has 4 unspecified atom stereocenters. The number of nitrogens with zero attached hydrogens (tertiary/aromatic N) is 4. The number of hydrogen-bond acceptors (Lipinski definition) is 6. The third kappa shape index (κ3) is 4.44. The molecule has 1 aromatic heterocycles. The normalized spacial score (nSPS) is 30.5. The monoisotopic (exact) mass is 437 g/mol. The Hall–Kier alpha value is -1.81. The predicted molar refractivity (Wildman–Crippen MR) is 111 cm³/mol. The maximum atomic E-state index is 13.6. The molecule has 30 heavy (non-hydrogen) atoms. The zero-order valence-electron chi connectivity index (χ0n) is 17.8. The molecule has 0 bridgehead atoms. The van der Waals surface area contributed by atoms with Crippen molar-refractivity contribution in [2.24, 2.45) is 5.41 Å². The molecule has 9 nitrogen and oxygen atoms in total. The number of nitrogens with one attached hydrogen (secondary N) is 1. The molecule has 3 aliphatic rings. The number of β-amino-alcohol motifs (C(OH)–C–C–N with tert-alkyl or cyclic N) is 1. The summed E-state index contributed by atoms with van der Waals surface area (Å²) < 4.78 is 13.3. The first kappa shape index (κ1) is 21.4. The number of aliphatic hydroxyl groups excluding tert-OH is 1. The van der Waals surface area contributed by atoms with Crippen LogP contribution >= 0.6 is 0 Å². The van der Waals surface area contributed by atoms with Crippen LogP contribution in [0.15, 0.2) is 6.20 Å². The van der Waals surface area contributed by atoms with Crippen LogP contribution in [0.25, 0.3) is 0 Å². The van der Waals surface area contributed by atoms with Gasteiger partial charge >= 0.3 is 0 Å². The summed E-state index contributed by atoms with van der Waals surface area (Å²) in [5.74, 6) is 0.944. The smallest absolute Gasteiger partial charge is 0.248 e. The van der Waals surface area contributed by atoms with Gasteiger partial charge in [-0.25, -0.2) is 4.68 Å². The van der Waals surface area contributed by atoms with E-state index in [0.717, 1.165) is 18.5 Å². The number of aromatic nitrogens is 3. The lowest BCUT2D eigenvalue weighted by molar-refractivity contribution is -0.144. The topological polar surface area (TPSA) is 117 Å². The molecule has 2 saturated heterocycles. The molecule has 166 valence electrons. The van der Waals surface area contributed by atoms with Gasteiger partial charge in [0.25, 0.3) is 0 Å². The number of carbonyl (C=O) groups excluding carboxylic acids is 2. The van der Waals surface area contributed by atoms with Gasteiger partial charge in [-0.1, -0.05) is 26.0 Å². The highest BCUT2D eigenvalue weighted by molar-refractivity contribution is 7.85. The Balaban J connectivity index is 1.54. The molecule has 4 rings (SSSR count). The average molecular weight is 438 g/mol. The summed E-state index contributed by atoms with van der Waals surface area (Å²) >= 11 is 0. The molecule has 1 saturated carbocycles. The fourth-order valence-corrected chi connectivity index (χ4v) is 5.81. The van der Waals surface area contributed by atoms with E-state index in [9.17, 15) is 18.9 Å². The molecule has 0 spiro atoms. The van der Waals surface area contributed by atoms with Crippen molar-refractivity contribution in [1.82, 2.24) is 25.2 Å². The highest BCUT2D eigenvalue weighted by Gasteiger charge is 2.46. The maximum Gasteiger partial charge on any atom is 0.248 e. The summed E-state index contributed by atoms with van der Waals surface area (Å²) in [4.78, 5) is 28.1. The number of amides is 2. The van der Waals surface area contributed by atoms with Crippen LogP contribution in [-0.2, 0) is 20.4 Å². The molecular weight excluding hydrogens is 406 g/mol. The standard InChI is InChI=1S/C20H31N5O4S/c1-20(2,3)17(25-10-15(22-23-25)12-4-5-12)19(28)24-9-14(26)8-16(24)18(27)21-13-6-7-30(29)11-13/h10,12-14,16-17,26H,4-9,11H2,1-3H3,(H,21,27)/t13?,14?,16?,17-,30?/m0/s1. The van der Waals surface area contributed by atoms with Crippen molar-refractivity contribution in [3.8, 4) is 0 Å². The van der Waals surface area contributed by atoms with Gasteiger partial charge in [0, 0.05) is 53.4 Å². The second-order valence-electron chi connectivity index (χ2n) is 9.87. The van der Waals surface area contributed by atoms with Crippen LogP contribution in [-0.4, -0.2) is 77.3 Å². The third-order valence-corrected chi connectivity index (χ3v) is 7.60. The van der Waals surface area contributed by atoms with Crippen molar-refractivity contribution >= 4 is 22.6 Å².